The monoisotopic (exact) mass is 462 g/mol. The van der Waals surface area contributed by atoms with Crippen LogP contribution < -0.4 is 14.4 Å². The lowest BCUT2D eigenvalue weighted by Crippen LogP contribution is -2.47. The Bertz CT molecular complexity index is 1040. The molecule has 0 spiro atoms. The first kappa shape index (κ1) is 23.5. The topological polar surface area (TPSA) is 75.7 Å². The number of benzene rings is 2. The molecule has 1 unspecified atom stereocenters. The van der Waals surface area contributed by atoms with Gasteiger partial charge in [0.15, 0.2) is 0 Å². The second-order valence-corrected chi connectivity index (χ2v) is 10.6. The zero-order valence-corrected chi connectivity index (χ0v) is 20.1. The maximum Gasteiger partial charge on any atom is 0.241 e. The lowest BCUT2D eigenvalue weighted by molar-refractivity contribution is -0.121. The van der Waals surface area contributed by atoms with Crippen molar-refractivity contribution in [1.29, 1.82) is 0 Å². The van der Waals surface area contributed by atoms with Gasteiger partial charge in [0, 0.05) is 16.9 Å². The number of carbonyl (C=O) groups is 1. The van der Waals surface area contributed by atoms with Gasteiger partial charge in [-0.15, -0.1) is 11.8 Å². The Hall–Kier alpha value is -2.19. The van der Waals surface area contributed by atoms with Gasteiger partial charge >= 0.3 is 0 Å². The van der Waals surface area contributed by atoms with Gasteiger partial charge in [0.05, 0.1) is 18.0 Å². The number of sulfonamides is 1. The number of nitrogens with one attached hydrogen (secondary N) is 1. The summed E-state index contributed by atoms with van der Waals surface area (Å²) in [5.74, 6) is 0.429. The molecule has 2 aromatic carbocycles. The average Bonchev–Trinajstić information content (AvgIpc) is 2.76. The summed E-state index contributed by atoms with van der Waals surface area (Å²) in [6.45, 7) is 3.89. The van der Waals surface area contributed by atoms with E-state index in [9.17, 15) is 13.2 Å². The molecule has 1 atom stereocenters. The van der Waals surface area contributed by atoms with Crippen LogP contribution >= 0.6 is 11.8 Å². The first-order chi connectivity index (χ1) is 14.7. The van der Waals surface area contributed by atoms with Crippen LogP contribution in [0, 0.1) is 0 Å². The van der Waals surface area contributed by atoms with Gasteiger partial charge in [-0.05, 0) is 43.4 Å². The minimum atomic E-state index is -3.63. The average molecular weight is 463 g/mol. The molecule has 1 N–H and O–H groups in total. The summed E-state index contributed by atoms with van der Waals surface area (Å²) in [6, 6.07) is 14.7. The maximum absolute atomic E-state index is 13.0. The Kier molecular flexibility index (Phi) is 7.21. The molecule has 2 aromatic rings. The van der Waals surface area contributed by atoms with Crippen LogP contribution in [0.4, 0.5) is 5.69 Å². The fourth-order valence-electron chi connectivity index (χ4n) is 3.97. The number of fused-ring (bicyclic) bond motifs is 1. The normalized spacial score (nSPS) is 17.4. The van der Waals surface area contributed by atoms with E-state index in [4.69, 9.17) is 4.74 Å². The first-order valence-corrected chi connectivity index (χ1v) is 13.5. The van der Waals surface area contributed by atoms with Crippen molar-refractivity contribution in [1.82, 2.24) is 5.32 Å². The number of para-hydroxylation sites is 1. The van der Waals surface area contributed by atoms with Gasteiger partial charge < -0.3 is 10.1 Å². The Morgan fingerprint density at radius 1 is 1.19 bits per heavy atom. The van der Waals surface area contributed by atoms with Crippen LogP contribution in [0.1, 0.15) is 44.7 Å². The number of amides is 1. The molecule has 1 aliphatic heterocycles. The predicted molar refractivity (Wildman–Crippen MR) is 126 cm³/mol. The molecule has 0 radical (unpaired) electrons. The molecule has 0 aliphatic carbocycles. The molecule has 0 bridgehead atoms. The van der Waals surface area contributed by atoms with E-state index in [1.165, 1.54) is 11.8 Å². The molecule has 1 aliphatic rings. The van der Waals surface area contributed by atoms with Crippen LogP contribution in [0.3, 0.4) is 0 Å². The van der Waals surface area contributed by atoms with Crippen molar-refractivity contribution in [2.45, 2.75) is 49.6 Å². The zero-order chi connectivity index (χ0) is 22.6. The second-order valence-electron chi connectivity index (χ2n) is 7.83. The van der Waals surface area contributed by atoms with Gasteiger partial charge in [0.1, 0.15) is 17.9 Å². The summed E-state index contributed by atoms with van der Waals surface area (Å²) in [4.78, 5) is 14.0. The Morgan fingerprint density at radius 3 is 2.55 bits per heavy atom. The van der Waals surface area contributed by atoms with Crippen LogP contribution in [0.2, 0.25) is 0 Å². The summed E-state index contributed by atoms with van der Waals surface area (Å²) >= 11 is 1.52. The zero-order valence-electron chi connectivity index (χ0n) is 18.4. The second kappa shape index (κ2) is 9.53. The minimum Gasteiger partial charge on any atom is -0.487 e. The molecule has 6 nitrogen and oxygen atoms in total. The number of hydrogen-bond donors (Lipinski definition) is 1. The van der Waals surface area contributed by atoms with Crippen LogP contribution in [-0.2, 0) is 14.8 Å². The van der Waals surface area contributed by atoms with Gasteiger partial charge in [-0.2, -0.15) is 0 Å². The molecule has 0 fully saturated rings. The fraction of sp³-hybridized carbons (Fsp3) is 0.435. The van der Waals surface area contributed by atoms with E-state index in [-0.39, 0.29) is 24.1 Å². The molecule has 3 rings (SSSR count). The van der Waals surface area contributed by atoms with Crippen molar-refractivity contribution in [3.8, 4) is 5.75 Å². The summed E-state index contributed by atoms with van der Waals surface area (Å²) in [5.41, 5.74) is 1.05. The fourth-order valence-corrected chi connectivity index (χ4v) is 5.27. The maximum atomic E-state index is 13.0. The molecule has 1 amide bonds. The Balaban J connectivity index is 1.85. The number of carbonyl (C=O) groups excluding carboxylic acids is 1. The number of nitrogens with zero attached hydrogens (tertiary/aromatic N) is 1. The number of anilines is 1. The third-order valence-corrected chi connectivity index (χ3v) is 7.72. The molecular formula is C23H30N2O4S2. The van der Waals surface area contributed by atoms with Crippen LogP contribution in [0.15, 0.2) is 53.4 Å². The van der Waals surface area contributed by atoms with Crippen molar-refractivity contribution < 1.29 is 17.9 Å². The molecule has 8 heteroatoms. The van der Waals surface area contributed by atoms with Crippen LogP contribution in [0.5, 0.6) is 5.75 Å². The number of rotatable bonds is 8. The minimum absolute atomic E-state index is 0.240. The first-order valence-electron chi connectivity index (χ1n) is 10.4. The molecular weight excluding hydrogens is 432 g/mol. The smallest absolute Gasteiger partial charge is 0.241 e. The number of hydrogen-bond acceptors (Lipinski definition) is 5. The van der Waals surface area contributed by atoms with Crippen molar-refractivity contribution in [2.24, 2.45) is 0 Å². The van der Waals surface area contributed by atoms with E-state index in [2.05, 4.69) is 19.2 Å². The largest absolute Gasteiger partial charge is 0.487 e. The van der Waals surface area contributed by atoms with E-state index < -0.39 is 10.0 Å². The molecule has 0 aromatic heterocycles. The van der Waals surface area contributed by atoms with Crippen molar-refractivity contribution >= 4 is 33.4 Å². The van der Waals surface area contributed by atoms with E-state index in [1.807, 2.05) is 36.6 Å². The SMILES string of the molecule is CCC1(CC)CC(NC(=O)CN(c2cccc(SC)c2)S(C)(=O)=O)c2ccccc2O1. The van der Waals surface area contributed by atoms with E-state index in [0.29, 0.717) is 12.1 Å². The van der Waals surface area contributed by atoms with Crippen LogP contribution in [0.25, 0.3) is 0 Å². The van der Waals surface area contributed by atoms with Crippen molar-refractivity contribution in [3.05, 3.63) is 54.1 Å². The summed E-state index contributed by atoms with van der Waals surface area (Å²) in [7, 11) is -3.63. The van der Waals surface area contributed by atoms with E-state index >= 15 is 0 Å². The highest BCUT2D eigenvalue weighted by molar-refractivity contribution is 7.98. The lowest BCUT2D eigenvalue weighted by Gasteiger charge is -2.41. The summed E-state index contributed by atoms with van der Waals surface area (Å²) in [6.07, 6.45) is 5.33. The third kappa shape index (κ3) is 5.36. The van der Waals surface area contributed by atoms with E-state index in [0.717, 1.165) is 39.6 Å². The number of thioether (sulfide) groups is 1. The lowest BCUT2D eigenvalue weighted by atomic mass is 9.83. The Labute approximate surface area is 189 Å². The highest BCUT2D eigenvalue weighted by Gasteiger charge is 2.39. The molecule has 0 saturated carbocycles. The van der Waals surface area contributed by atoms with Gasteiger partial charge in [-0.3, -0.25) is 9.10 Å². The highest BCUT2D eigenvalue weighted by Crippen LogP contribution is 2.42. The van der Waals surface area contributed by atoms with Crippen molar-refractivity contribution in [3.63, 3.8) is 0 Å². The molecule has 1 heterocycles. The van der Waals surface area contributed by atoms with Gasteiger partial charge in [-0.25, -0.2) is 8.42 Å². The molecule has 31 heavy (non-hydrogen) atoms. The van der Waals surface area contributed by atoms with Gasteiger partial charge in [-0.1, -0.05) is 38.1 Å². The van der Waals surface area contributed by atoms with Gasteiger partial charge in [0.2, 0.25) is 15.9 Å². The van der Waals surface area contributed by atoms with Crippen molar-refractivity contribution in [2.75, 3.05) is 23.4 Å². The standard InChI is InChI=1S/C23H30N2O4S2/c1-5-23(6-2)15-20(19-12-7-8-13-21(19)29-23)24-22(26)16-25(31(4,27)28)17-10-9-11-18(14-17)30-3/h7-14,20H,5-6,15-16H2,1-4H3,(H,24,26). The van der Waals surface area contributed by atoms with E-state index in [1.54, 1.807) is 18.2 Å². The van der Waals surface area contributed by atoms with Gasteiger partial charge in [0.25, 0.3) is 0 Å². The predicted octanol–water partition coefficient (Wildman–Crippen LogP) is 4.37. The molecule has 0 saturated heterocycles. The quantitative estimate of drug-likeness (QED) is 0.590. The summed E-state index contributed by atoms with van der Waals surface area (Å²) < 4.78 is 32.4. The Morgan fingerprint density at radius 2 is 1.90 bits per heavy atom. The molecule has 168 valence electrons. The summed E-state index contributed by atoms with van der Waals surface area (Å²) in [5, 5.41) is 3.07. The van der Waals surface area contributed by atoms with Crippen LogP contribution in [-0.4, -0.2) is 39.0 Å². The highest BCUT2D eigenvalue weighted by atomic mass is 32.2. The third-order valence-electron chi connectivity index (χ3n) is 5.85. The number of ether oxygens (including phenoxy) is 1.